The molecule has 2 nitrogen and oxygen atoms in total. The van der Waals surface area contributed by atoms with Gasteiger partial charge in [-0.2, -0.15) is 0 Å². The van der Waals surface area contributed by atoms with Crippen LogP contribution in [0.4, 0.5) is 17.1 Å². The molecule has 0 spiro atoms. The molecule has 212 valence electrons. The summed E-state index contributed by atoms with van der Waals surface area (Å²) < 4.78 is 0. The van der Waals surface area contributed by atoms with Gasteiger partial charge in [0.05, 0.1) is 5.52 Å². The van der Waals surface area contributed by atoms with E-state index in [-0.39, 0.29) is 0 Å². The van der Waals surface area contributed by atoms with Gasteiger partial charge >= 0.3 is 0 Å². The molecule has 0 radical (unpaired) electrons. The van der Waals surface area contributed by atoms with Crippen molar-refractivity contribution < 1.29 is 0 Å². The second-order valence-corrected chi connectivity index (χ2v) is 11.3. The number of aromatic nitrogens is 1. The summed E-state index contributed by atoms with van der Waals surface area (Å²) in [5.74, 6) is 0. The number of nitrogens with zero attached hydrogens (tertiary/aromatic N) is 2. The second kappa shape index (κ2) is 11.6. The highest BCUT2D eigenvalue weighted by Gasteiger charge is 2.16. The lowest BCUT2D eigenvalue weighted by Gasteiger charge is -2.26. The molecular formula is C43H30N2. The molecule has 0 aliphatic heterocycles. The Kier molecular flexibility index (Phi) is 6.86. The molecule has 0 atom stereocenters. The predicted molar refractivity (Wildman–Crippen MR) is 190 cm³/mol. The van der Waals surface area contributed by atoms with Crippen molar-refractivity contribution in [2.45, 2.75) is 0 Å². The Balaban J connectivity index is 1.26. The third-order valence-corrected chi connectivity index (χ3v) is 8.50. The summed E-state index contributed by atoms with van der Waals surface area (Å²) in [6.45, 7) is 0. The van der Waals surface area contributed by atoms with E-state index >= 15 is 0 Å². The normalized spacial score (nSPS) is 11.1. The molecule has 0 amide bonds. The van der Waals surface area contributed by atoms with Crippen LogP contribution in [-0.4, -0.2) is 4.98 Å². The maximum Gasteiger partial charge on any atom is 0.0786 e. The van der Waals surface area contributed by atoms with E-state index in [1.165, 1.54) is 38.6 Å². The van der Waals surface area contributed by atoms with Gasteiger partial charge < -0.3 is 4.90 Å². The lowest BCUT2D eigenvalue weighted by atomic mass is 9.95. The zero-order chi connectivity index (χ0) is 30.0. The third-order valence-electron chi connectivity index (χ3n) is 8.50. The molecule has 0 aliphatic rings. The van der Waals surface area contributed by atoms with Crippen molar-refractivity contribution in [2.24, 2.45) is 0 Å². The zero-order valence-electron chi connectivity index (χ0n) is 24.7. The standard InChI is InChI=1S/C43H30N2/c1-3-10-31(11-4-1)33-21-25-38(26-22-33)45(39-27-23-34(24-28-39)32-12-5-2-6-13-32)40-17-7-15-37(30-40)41-18-8-14-35-19-20-36-16-9-29-44-43(36)42(35)41/h1-30H. The maximum atomic E-state index is 4.80. The fourth-order valence-corrected chi connectivity index (χ4v) is 6.28. The summed E-state index contributed by atoms with van der Waals surface area (Å²) in [5.41, 5.74) is 11.5. The molecule has 0 N–H and O–H groups in total. The molecule has 8 aromatic rings. The van der Waals surface area contributed by atoms with Crippen molar-refractivity contribution in [3.05, 3.63) is 182 Å². The lowest BCUT2D eigenvalue weighted by Crippen LogP contribution is -2.10. The largest absolute Gasteiger partial charge is 0.310 e. The molecule has 0 saturated heterocycles. The molecule has 8 rings (SSSR count). The molecule has 2 heteroatoms. The van der Waals surface area contributed by atoms with Crippen molar-refractivity contribution in [1.29, 1.82) is 0 Å². The number of anilines is 3. The summed E-state index contributed by atoms with van der Waals surface area (Å²) in [6, 6.07) is 62.6. The quantitative estimate of drug-likeness (QED) is 0.184. The first-order chi connectivity index (χ1) is 22.3. The maximum absolute atomic E-state index is 4.80. The van der Waals surface area contributed by atoms with Crippen LogP contribution in [0.15, 0.2) is 182 Å². The van der Waals surface area contributed by atoms with Crippen LogP contribution in [-0.2, 0) is 0 Å². The van der Waals surface area contributed by atoms with E-state index in [9.17, 15) is 0 Å². The van der Waals surface area contributed by atoms with Gasteiger partial charge in [0.2, 0.25) is 0 Å². The van der Waals surface area contributed by atoms with Crippen LogP contribution in [0, 0.1) is 0 Å². The molecule has 0 bridgehead atoms. The van der Waals surface area contributed by atoms with Crippen LogP contribution in [0.5, 0.6) is 0 Å². The van der Waals surface area contributed by atoms with Gasteiger partial charge in [-0.3, -0.25) is 4.98 Å². The van der Waals surface area contributed by atoms with E-state index < -0.39 is 0 Å². The summed E-state index contributed by atoms with van der Waals surface area (Å²) in [7, 11) is 0. The molecule has 7 aromatic carbocycles. The Labute approximate surface area is 263 Å². The predicted octanol–water partition coefficient (Wildman–Crippen LogP) is 11.9. The highest BCUT2D eigenvalue weighted by molar-refractivity contribution is 6.12. The zero-order valence-corrected chi connectivity index (χ0v) is 24.7. The number of pyridine rings is 1. The highest BCUT2D eigenvalue weighted by atomic mass is 15.1. The SMILES string of the molecule is c1ccc(-c2ccc(N(c3ccc(-c4ccccc4)cc3)c3cccc(-c4cccc5ccc6cccnc6c45)c3)cc2)cc1. The molecule has 45 heavy (non-hydrogen) atoms. The van der Waals surface area contributed by atoms with Gasteiger partial charge in [0.15, 0.2) is 0 Å². The minimum atomic E-state index is 1.03. The topological polar surface area (TPSA) is 16.1 Å². The molecule has 0 fully saturated rings. The Morgan fingerprint density at radius 2 is 0.889 bits per heavy atom. The molecule has 0 unspecified atom stereocenters. The first kappa shape index (κ1) is 26.6. The second-order valence-electron chi connectivity index (χ2n) is 11.3. The first-order valence-corrected chi connectivity index (χ1v) is 15.3. The molecular weight excluding hydrogens is 544 g/mol. The molecule has 0 saturated carbocycles. The van der Waals surface area contributed by atoms with Crippen LogP contribution in [0.2, 0.25) is 0 Å². The van der Waals surface area contributed by atoms with Gasteiger partial charge in [0, 0.05) is 34.0 Å². The summed E-state index contributed by atoms with van der Waals surface area (Å²) >= 11 is 0. The summed E-state index contributed by atoms with van der Waals surface area (Å²) in [4.78, 5) is 7.15. The summed E-state index contributed by atoms with van der Waals surface area (Å²) in [6.07, 6.45) is 1.88. The van der Waals surface area contributed by atoms with E-state index in [0.29, 0.717) is 0 Å². The number of benzene rings is 7. The van der Waals surface area contributed by atoms with E-state index in [4.69, 9.17) is 4.98 Å². The van der Waals surface area contributed by atoms with E-state index in [0.717, 1.165) is 33.5 Å². The average molecular weight is 575 g/mol. The minimum absolute atomic E-state index is 1.03. The van der Waals surface area contributed by atoms with E-state index in [2.05, 4.69) is 175 Å². The van der Waals surface area contributed by atoms with Crippen LogP contribution >= 0.6 is 0 Å². The molecule has 1 aromatic heterocycles. The first-order valence-electron chi connectivity index (χ1n) is 15.3. The number of hydrogen-bond acceptors (Lipinski definition) is 2. The van der Waals surface area contributed by atoms with Crippen LogP contribution in [0.1, 0.15) is 0 Å². The van der Waals surface area contributed by atoms with Gasteiger partial charge in [-0.1, -0.05) is 133 Å². The van der Waals surface area contributed by atoms with E-state index in [1.807, 2.05) is 12.3 Å². The third kappa shape index (κ3) is 5.13. The average Bonchev–Trinajstić information content (AvgIpc) is 3.13. The Morgan fingerprint density at radius 3 is 1.53 bits per heavy atom. The Hall–Kier alpha value is -5.99. The Morgan fingerprint density at radius 1 is 0.356 bits per heavy atom. The van der Waals surface area contributed by atoms with Crippen molar-refractivity contribution in [1.82, 2.24) is 4.98 Å². The fourth-order valence-electron chi connectivity index (χ4n) is 6.28. The number of fused-ring (bicyclic) bond motifs is 3. The van der Waals surface area contributed by atoms with Crippen molar-refractivity contribution >= 4 is 38.7 Å². The van der Waals surface area contributed by atoms with E-state index in [1.54, 1.807) is 0 Å². The van der Waals surface area contributed by atoms with Gasteiger partial charge in [0.1, 0.15) is 0 Å². The number of hydrogen-bond donors (Lipinski definition) is 0. The highest BCUT2D eigenvalue weighted by Crippen LogP contribution is 2.40. The fraction of sp³-hybridized carbons (Fsp3) is 0. The van der Waals surface area contributed by atoms with Crippen molar-refractivity contribution in [3.8, 4) is 33.4 Å². The smallest absolute Gasteiger partial charge is 0.0786 e. The van der Waals surface area contributed by atoms with Gasteiger partial charge in [-0.05, 0) is 81.2 Å². The van der Waals surface area contributed by atoms with Crippen LogP contribution in [0.3, 0.4) is 0 Å². The molecule has 1 heterocycles. The molecule has 0 aliphatic carbocycles. The van der Waals surface area contributed by atoms with Crippen molar-refractivity contribution in [2.75, 3.05) is 4.90 Å². The van der Waals surface area contributed by atoms with Gasteiger partial charge in [-0.25, -0.2) is 0 Å². The van der Waals surface area contributed by atoms with Crippen molar-refractivity contribution in [3.63, 3.8) is 0 Å². The monoisotopic (exact) mass is 574 g/mol. The van der Waals surface area contributed by atoms with Crippen LogP contribution in [0.25, 0.3) is 55.1 Å². The Bertz CT molecular complexity index is 2160. The van der Waals surface area contributed by atoms with Gasteiger partial charge in [-0.15, -0.1) is 0 Å². The van der Waals surface area contributed by atoms with Gasteiger partial charge in [0.25, 0.3) is 0 Å². The number of rotatable bonds is 6. The summed E-state index contributed by atoms with van der Waals surface area (Å²) in [5, 5.41) is 3.51. The van der Waals surface area contributed by atoms with Crippen LogP contribution < -0.4 is 4.90 Å². The minimum Gasteiger partial charge on any atom is -0.310 e. The lowest BCUT2D eigenvalue weighted by molar-refractivity contribution is 1.28.